The molecule has 1 heterocycles. The lowest BCUT2D eigenvalue weighted by Crippen LogP contribution is -2.26. The van der Waals surface area contributed by atoms with Crippen LogP contribution >= 0.6 is 11.6 Å². The normalized spacial score (nSPS) is 15.5. The van der Waals surface area contributed by atoms with Gasteiger partial charge < -0.3 is 10.1 Å². The average Bonchev–Trinajstić information content (AvgIpc) is 2.35. The summed E-state index contributed by atoms with van der Waals surface area (Å²) >= 11 is 6.30. The molecule has 0 spiro atoms. The molecule has 2 aromatic carbocycles. The van der Waals surface area contributed by atoms with Crippen LogP contribution in [0.25, 0.3) is 0 Å². The summed E-state index contributed by atoms with van der Waals surface area (Å²) in [7, 11) is 0. The number of ether oxygens (including phenoxy) is 1. The number of benzene rings is 2. The van der Waals surface area contributed by atoms with E-state index in [2.05, 4.69) is 10.1 Å². The Balaban J connectivity index is 2.10. The summed E-state index contributed by atoms with van der Waals surface area (Å²) in [6.45, 7) is 3.98. The first-order valence-corrected chi connectivity index (χ1v) is 7.02. The third-order valence-corrected chi connectivity index (χ3v) is 4.12. The van der Waals surface area contributed by atoms with E-state index in [4.69, 9.17) is 11.6 Å². The molecule has 3 rings (SSSR count). The Morgan fingerprint density at radius 1 is 1.09 bits per heavy atom. The minimum atomic E-state index is -4.71. The van der Waals surface area contributed by atoms with E-state index in [9.17, 15) is 13.2 Å². The highest BCUT2D eigenvalue weighted by atomic mass is 35.5. The Kier molecular flexibility index (Phi) is 3.29. The van der Waals surface area contributed by atoms with Crippen LogP contribution in [0.15, 0.2) is 36.4 Å². The number of hydrogen-bond acceptors (Lipinski definition) is 2. The molecular weight excluding hydrogens is 315 g/mol. The average molecular weight is 328 g/mol. The number of alkyl halides is 3. The number of anilines is 2. The van der Waals surface area contributed by atoms with Crippen LogP contribution in [0.4, 0.5) is 24.5 Å². The lowest BCUT2D eigenvalue weighted by Gasteiger charge is -2.36. The standard InChI is InChI=1S/C16H13ClF3NO/c1-15(2)10-7-6-9(22-16(18,19)20)8-13(10)21-12-5-3-4-11(17)14(12)15/h3-8,21H,1-2H3. The van der Waals surface area contributed by atoms with Gasteiger partial charge in [0.25, 0.3) is 0 Å². The Morgan fingerprint density at radius 3 is 2.50 bits per heavy atom. The Labute approximate surface area is 130 Å². The second kappa shape index (κ2) is 4.81. The fourth-order valence-electron chi connectivity index (χ4n) is 2.91. The maximum atomic E-state index is 12.4. The maximum Gasteiger partial charge on any atom is 0.573 e. The molecule has 2 aromatic rings. The van der Waals surface area contributed by atoms with Crippen LogP contribution in [0.3, 0.4) is 0 Å². The van der Waals surface area contributed by atoms with E-state index >= 15 is 0 Å². The smallest absolute Gasteiger partial charge is 0.406 e. The Morgan fingerprint density at radius 2 is 1.82 bits per heavy atom. The molecule has 116 valence electrons. The van der Waals surface area contributed by atoms with Gasteiger partial charge in [0, 0.05) is 33.4 Å². The number of hydrogen-bond donors (Lipinski definition) is 1. The van der Waals surface area contributed by atoms with Crippen molar-refractivity contribution in [2.24, 2.45) is 0 Å². The summed E-state index contributed by atoms with van der Waals surface area (Å²) in [5, 5.41) is 3.75. The van der Waals surface area contributed by atoms with Gasteiger partial charge in [-0.25, -0.2) is 0 Å². The molecule has 0 saturated carbocycles. The van der Waals surface area contributed by atoms with E-state index in [1.54, 1.807) is 18.2 Å². The molecule has 1 aliphatic heterocycles. The van der Waals surface area contributed by atoms with Crippen LogP contribution in [0, 0.1) is 0 Å². The highest BCUT2D eigenvalue weighted by Crippen LogP contribution is 2.48. The first kappa shape index (κ1) is 15.0. The second-order valence-corrected chi connectivity index (χ2v) is 6.07. The summed E-state index contributed by atoms with van der Waals surface area (Å²) in [5.41, 5.74) is 2.73. The third-order valence-electron chi connectivity index (χ3n) is 3.81. The zero-order chi connectivity index (χ0) is 16.1. The summed E-state index contributed by atoms with van der Waals surface area (Å²) in [4.78, 5) is 0. The number of rotatable bonds is 1. The topological polar surface area (TPSA) is 21.3 Å². The first-order valence-electron chi connectivity index (χ1n) is 6.65. The zero-order valence-corrected chi connectivity index (χ0v) is 12.6. The van der Waals surface area contributed by atoms with Gasteiger partial charge in [-0.2, -0.15) is 0 Å². The second-order valence-electron chi connectivity index (χ2n) is 5.67. The molecular formula is C16H13ClF3NO. The molecule has 0 aliphatic carbocycles. The van der Waals surface area contributed by atoms with Crippen molar-refractivity contribution in [2.45, 2.75) is 25.6 Å². The Bertz CT molecular complexity index is 741. The van der Waals surface area contributed by atoms with E-state index in [1.807, 2.05) is 19.9 Å². The van der Waals surface area contributed by atoms with Gasteiger partial charge in [-0.3, -0.25) is 0 Å². The molecule has 0 bridgehead atoms. The molecule has 1 N–H and O–H groups in total. The summed E-state index contributed by atoms with van der Waals surface area (Å²) in [6, 6.07) is 9.76. The summed E-state index contributed by atoms with van der Waals surface area (Å²) < 4.78 is 41.1. The van der Waals surface area contributed by atoms with Gasteiger partial charge >= 0.3 is 6.36 Å². The van der Waals surface area contributed by atoms with Crippen LogP contribution in [0.2, 0.25) is 5.02 Å². The largest absolute Gasteiger partial charge is 0.573 e. The fraction of sp³-hybridized carbons (Fsp3) is 0.250. The lowest BCUT2D eigenvalue weighted by molar-refractivity contribution is -0.274. The molecule has 0 radical (unpaired) electrons. The molecule has 0 amide bonds. The Hall–Kier alpha value is -1.88. The summed E-state index contributed by atoms with van der Waals surface area (Å²) in [6.07, 6.45) is -4.71. The van der Waals surface area contributed by atoms with Crippen molar-refractivity contribution in [1.29, 1.82) is 0 Å². The predicted molar refractivity (Wildman–Crippen MR) is 80.0 cm³/mol. The zero-order valence-electron chi connectivity index (χ0n) is 11.9. The molecule has 0 atom stereocenters. The first-order chi connectivity index (χ1) is 10.2. The van der Waals surface area contributed by atoms with Crippen molar-refractivity contribution in [1.82, 2.24) is 0 Å². The van der Waals surface area contributed by atoms with Crippen molar-refractivity contribution in [3.05, 3.63) is 52.5 Å². The van der Waals surface area contributed by atoms with Gasteiger partial charge in [-0.05, 0) is 23.8 Å². The number of fused-ring (bicyclic) bond motifs is 2. The van der Waals surface area contributed by atoms with Crippen molar-refractivity contribution < 1.29 is 17.9 Å². The van der Waals surface area contributed by atoms with Gasteiger partial charge in [0.05, 0.1) is 0 Å². The van der Waals surface area contributed by atoms with Crippen LogP contribution in [-0.2, 0) is 5.41 Å². The van der Waals surface area contributed by atoms with Crippen molar-refractivity contribution in [3.8, 4) is 5.75 Å². The van der Waals surface area contributed by atoms with Gasteiger partial charge in [0.1, 0.15) is 5.75 Å². The predicted octanol–water partition coefficient (Wildman–Crippen LogP) is 5.62. The van der Waals surface area contributed by atoms with Crippen LogP contribution < -0.4 is 10.1 Å². The fourth-order valence-corrected chi connectivity index (χ4v) is 3.32. The van der Waals surface area contributed by atoms with E-state index in [0.717, 1.165) is 16.8 Å². The molecule has 0 fully saturated rings. The summed E-state index contributed by atoms with van der Waals surface area (Å²) in [5.74, 6) is -0.250. The monoisotopic (exact) mass is 327 g/mol. The third kappa shape index (κ3) is 2.50. The van der Waals surface area contributed by atoms with E-state index in [1.165, 1.54) is 12.1 Å². The molecule has 0 saturated heterocycles. The SMILES string of the molecule is CC1(C)c2ccc(OC(F)(F)F)cc2Nc2cccc(Cl)c21. The molecule has 1 aliphatic rings. The molecule has 2 nitrogen and oxygen atoms in total. The molecule has 22 heavy (non-hydrogen) atoms. The minimum absolute atomic E-state index is 0.250. The van der Waals surface area contributed by atoms with Gasteiger partial charge in [-0.15, -0.1) is 13.2 Å². The van der Waals surface area contributed by atoms with E-state index in [-0.39, 0.29) is 5.75 Å². The van der Waals surface area contributed by atoms with E-state index in [0.29, 0.717) is 10.7 Å². The van der Waals surface area contributed by atoms with Gasteiger partial charge in [0.15, 0.2) is 0 Å². The number of nitrogens with one attached hydrogen (secondary N) is 1. The maximum absolute atomic E-state index is 12.4. The van der Waals surface area contributed by atoms with Gasteiger partial charge in [0.2, 0.25) is 0 Å². The van der Waals surface area contributed by atoms with E-state index < -0.39 is 11.8 Å². The van der Waals surface area contributed by atoms with Crippen LogP contribution in [-0.4, -0.2) is 6.36 Å². The van der Waals surface area contributed by atoms with Crippen molar-refractivity contribution in [2.75, 3.05) is 5.32 Å². The van der Waals surface area contributed by atoms with Crippen molar-refractivity contribution in [3.63, 3.8) is 0 Å². The highest BCUT2D eigenvalue weighted by molar-refractivity contribution is 6.32. The minimum Gasteiger partial charge on any atom is -0.406 e. The van der Waals surface area contributed by atoms with Crippen LogP contribution in [0.1, 0.15) is 25.0 Å². The van der Waals surface area contributed by atoms with Crippen LogP contribution in [0.5, 0.6) is 5.75 Å². The molecule has 0 unspecified atom stereocenters. The number of halogens is 4. The van der Waals surface area contributed by atoms with Crippen molar-refractivity contribution >= 4 is 23.0 Å². The quantitative estimate of drug-likeness (QED) is 0.733. The lowest BCUT2D eigenvalue weighted by atomic mass is 9.74. The molecule has 6 heteroatoms. The van der Waals surface area contributed by atoms with Gasteiger partial charge in [-0.1, -0.05) is 37.6 Å². The molecule has 0 aromatic heterocycles. The highest BCUT2D eigenvalue weighted by Gasteiger charge is 2.36.